The van der Waals surface area contributed by atoms with E-state index in [2.05, 4.69) is 10.3 Å². The highest BCUT2D eigenvalue weighted by molar-refractivity contribution is 7.15. The van der Waals surface area contributed by atoms with E-state index in [1.807, 2.05) is 28.2 Å². The van der Waals surface area contributed by atoms with Gasteiger partial charge in [0.05, 0.1) is 32.9 Å². The Morgan fingerprint density at radius 1 is 1.35 bits per heavy atom. The Morgan fingerprint density at radius 3 is 2.96 bits per heavy atom. The second-order valence-electron chi connectivity index (χ2n) is 4.96. The number of methoxy groups -OCH3 is 2. The molecule has 0 aliphatic rings. The van der Waals surface area contributed by atoms with Gasteiger partial charge < -0.3 is 14.8 Å². The fourth-order valence-corrected chi connectivity index (χ4v) is 3.02. The molecule has 0 aliphatic heterocycles. The van der Waals surface area contributed by atoms with Gasteiger partial charge in [0.15, 0.2) is 4.96 Å². The number of ether oxygens (including phenoxy) is 2. The number of hydrogen-bond donors (Lipinski definition) is 1. The van der Waals surface area contributed by atoms with E-state index in [0.717, 1.165) is 16.2 Å². The molecule has 0 fully saturated rings. The van der Waals surface area contributed by atoms with Crippen LogP contribution in [0.1, 0.15) is 11.3 Å². The molecule has 3 aromatic rings. The molecule has 120 valence electrons. The van der Waals surface area contributed by atoms with Crippen LogP contribution in [0.15, 0.2) is 36.0 Å². The first-order chi connectivity index (χ1) is 11.2. The predicted molar refractivity (Wildman–Crippen MR) is 88.2 cm³/mol. The number of benzene rings is 1. The molecule has 7 heteroatoms. The van der Waals surface area contributed by atoms with E-state index in [0.29, 0.717) is 18.0 Å². The van der Waals surface area contributed by atoms with E-state index < -0.39 is 0 Å². The lowest BCUT2D eigenvalue weighted by molar-refractivity contribution is -0.120. The van der Waals surface area contributed by atoms with E-state index in [1.165, 1.54) is 0 Å². The molecule has 1 amide bonds. The Bertz CT molecular complexity index is 796. The van der Waals surface area contributed by atoms with E-state index in [-0.39, 0.29) is 12.3 Å². The molecular weight excluding hydrogens is 314 g/mol. The van der Waals surface area contributed by atoms with Crippen LogP contribution in [-0.4, -0.2) is 29.5 Å². The van der Waals surface area contributed by atoms with Crippen molar-refractivity contribution in [3.05, 3.63) is 47.2 Å². The van der Waals surface area contributed by atoms with E-state index in [4.69, 9.17) is 9.47 Å². The summed E-state index contributed by atoms with van der Waals surface area (Å²) in [6.45, 7) is 0.402. The molecule has 1 aromatic carbocycles. The number of fused-ring (bicyclic) bond motifs is 1. The van der Waals surface area contributed by atoms with E-state index in [1.54, 1.807) is 37.7 Å². The maximum absolute atomic E-state index is 12.2. The highest BCUT2D eigenvalue weighted by Crippen LogP contribution is 2.24. The molecule has 0 unspecified atom stereocenters. The van der Waals surface area contributed by atoms with Crippen LogP contribution in [-0.2, 0) is 17.8 Å². The van der Waals surface area contributed by atoms with Gasteiger partial charge in [0.1, 0.15) is 11.5 Å². The van der Waals surface area contributed by atoms with Crippen molar-refractivity contribution in [1.29, 1.82) is 0 Å². The van der Waals surface area contributed by atoms with Crippen molar-refractivity contribution in [2.75, 3.05) is 14.2 Å². The zero-order valence-electron chi connectivity index (χ0n) is 12.9. The molecular formula is C16H17N3O3S. The quantitative estimate of drug-likeness (QED) is 0.752. The number of hydrogen-bond acceptors (Lipinski definition) is 5. The molecule has 0 bridgehead atoms. The molecule has 0 saturated carbocycles. The van der Waals surface area contributed by atoms with E-state index in [9.17, 15) is 4.79 Å². The van der Waals surface area contributed by atoms with Gasteiger partial charge in [-0.3, -0.25) is 9.20 Å². The number of carbonyl (C=O) groups is 1. The monoisotopic (exact) mass is 331 g/mol. The maximum Gasteiger partial charge on any atom is 0.224 e. The fourth-order valence-electron chi connectivity index (χ4n) is 2.31. The molecule has 0 radical (unpaired) electrons. The lowest BCUT2D eigenvalue weighted by atomic mass is 10.1. The smallest absolute Gasteiger partial charge is 0.224 e. The zero-order valence-corrected chi connectivity index (χ0v) is 13.7. The summed E-state index contributed by atoms with van der Waals surface area (Å²) >= 11 is 1.56. The third-order valence-electron chi connectivity index (χ3n) is 3.45. The summed E-state index contributed by atoms with van der Waals surface area (Å²) in [6, 6.07) is 5.41. The van der Waals surface area contributed by atoms with Crippen LogP contribution >= 0.6 is 11.3 Å². The molecule has 6 nitrogen and oxygen atoms in total. The fraction of sp³-hybridized carbons (Fsp3) is 0.250. The number of nitrogens with zero attached hydrogens (tertiary/aromatic N) is 2. The molecule has 0 aliphatic carbocycles. The predicted octanol–water partition coefficient (Wildman–Crippen LogP) is 2.27. The minimum atomic E-state index is -0.0899. The molecule has 0 atom stereocenters. The molecule has 2 aromatic heterocycles. The molecule has 3 rings (SSSR count). The molecule has 2 heterocycles. The van der Waals surface area contributed by atoms with Crippen LogP contribution in [0.2, 0.25) is 0 Å². The van der Waals surface area contributed by atoms with Gasteiger partial charge in [0.25, 0.3) is 0 Å². The molecule has 0 saturated heterocycles. The van der Waals surface area contributed by atoms with Gasteiger partial charge in [-0.1, -0.05) is 0 Å². The van der Waals surface area contributed by atoms with Crippen LogP contribution in [0.5, 0.6) is 11.5 Å². The summed E-state index contributed by atoms with van der Waals surface area (Å²) in [5.74, 6) is 1.28. The molecule has 23 heavy (non-hydrogen) atoms. The normalized spacial score (nSPS) is 10.7. The average molecular weight is 331 g/mol. The van der Waals surface area contributed by atoms with Gasteiger partial charge in [0, 0.05) is 23.3 Å². The average Bonchev–Trinajstić information content (AvgIpc) is 3.14. The second kappa shape index (κ2) is 6.70. The van der Waals surface area contributed by atoms with Gasteiger partial charge in [-0.15, -0.1) is 11.3 Å². The van der Waals surface area contributed by atoms with E-state index >= 15 is 0 Å². The van der Waals surface area contributed by atoms with Gasteiger partial charge in [-0.2, -0.15) is 0 Å². The van der Waals surface area contributed by atoms with Gasteiger partial charge in [-0.25, -0.2) is 4.98 Å². The minimum absolute atomic E-state index is 0.0899. The number of rotatable bonds is 6. The number of imidazole rings is 1. The third-order valence-corrected chi connectivity index (χ3v) is 4.22. The SMILES string of the molecule is COc1ccc(OC)c(CC(=O)NCc2cn3ccsc3n2)c1. The highest BCUT2D eigenvalue weighted by Gasteiger charge is 2.11. The van der Waals surface area contributed by atoms with Crippen molar-refractivity contribution >= 4 is 22.2 Å². The highest BCUT2D eigenvalue weighted by atomic mass is 32.1. The van der Waals surface area contributed by atoms with Crippen molar-refractivity contribution < 1.29 is 14.3 Å². The first-order valence-electron chi connectivity index (χ1n) is 7.08. The summed E-state index contributed by atoms with van der Waals surface area (Å²) in [4.78, 5) is 17.5. The standard InChI is InChI=1S/C16H17N3O3S/c1-21-13-3-4-14(22-2)11(7-13)8-15(20)17-9-12-10-19-5-6-23-16(19)18-12/h3-7,10H,8-9H2,1-2H3,(H,17,20). The van der Waals surface area contributed by atoms with Crippen molar-refractivity contribution in [1.82, 2.24) is 14.7 Å². The Hall–Kier alpha value is -2.54. The van der Waals surface area contributed by atoms with Crippen LogP contribution in [0, 0.1) is 0 Å². The van der Waals surface area contributed by atoms with Crippen molar-refractivity contribution in [3.8, 4) is 11.5 Å². The second-order valence-corrected chi connectivity index (χ2v) is 5.83. The number of nitrogens with one attached hydrogen (secondary N) is 1. The van der Waals surface area contributed by atoms with Gasteiger partial charge in [-0.05, 0) is 18.2 Å². The van der Waals surface area contributed by atoms with Crippen molar-refractivity contribution in [2.24, 2.45) is 0 Å². The zero-order chi connectivity index (χ0) is 16.2. The van der Waals surface area contributed by atoms with Crippen molar-refractivity contribution in [3.63, 3.8) is 0 Å². The Morgan fingerprint density at radius 2 is 2.22 bits per heavy atom. The topological polar surface area (TPSA) is 64.9 Å². The summed E-state index contributed by atoms with van der Waals surface area (Å²) < 4.78 is 12.4. The van der Waals surface area contributed by atoms with Gasteiger partial charge in [0.2, 0.25) is 5.91 Å². The molecule has 1 N–H and O–H groups in total. The van der Waals surface area contributed by atoms with Crippen LogP contribution in [0.4, 0.5) is 0 Å². The Labute approximate surface area is 137 Å². The number of amides is 1. The Balaban J connectivity index is 1.63. The van der Waals surface area contributed by atoms with Crippen LogP contribution < -0.4 is 14.8 Å². The number of carbonyl (C=O) groups excluding carboxylic acids is 1. The largest absolute Gasteiger partial charge is 0.497 e. The van der Waals surface area contributed by atoms with Crippen molar-refractivity contribution in [2.45, 2.75) is 13.0 Å². The summed E-state index contributed by atoms with van der Waals surface area (Å²) in [5.41, 5.74) is 1.62. The van der Waals surface area contributed by atoms with Gasteiger partial charge >= 0.3 is 0 Å². The number of thiazole rings is 1. The maximum atomic E-state index is 12.2. The lowest BCUT2D eigenvalue weighted by Gasteiger charge is -2.10. The Kier molecular flexibility index (Phi) is 4.47. The molecule has 0 spiro atoms. The first kappa shape index (κ1) is 15.4. The summed E-state index contributed by atoms with van der Waals surface area (Å²) in [6.07, 6.45) is 4.08. The first-order valence-corrected chi connectivity index (χ1v) is 7.96. The summed E-state index contributed by atoms with van der Waals surface area (Å²) in [5, 5.41) is 4.85. The summed E-state index contributed by atoms with van der Waals surface area (Å²) in [7, 11) is 3.18. The lowest BCUT2D eigenvalue weighted by Crippen LogP contribution is -2.24. The van der Waals surface area contributed by atoms with Crippen LogP contribution in [0.3, 0.4) is 0 Å². The third kappa shape index (κ3) is 3.45. The number of aromatic nitrogens is 2. The minimum Gasteiger partial charge on any atom is -0.497 e. The van der Waals surface area contributed by atoms with Crippen LogP contribution in [0.25, 0.3) is 4.96 Å².